The van der Waals surface area contributed by atoms with Crippen LogP contribution in [0.15, 0.2) is 29.2 Å². The molecule has 0 aliphatic rings. The van der Waals surface area contributed by atoms with Crippen LogP contribution in [-0.2, 0) is 11.2 Å². The van der Waals surface area contributed by atoms with E-state index in [-0.39, 0.29) is 0 Å². The second-order valence-corrected chi connectivity index (χ2v) is 4.08. The summed E-state index contributed by atoms with van der Waals surface area (Å²) in [5, 5.41) is 8.82. The average Bonchev–Trinajstić information content (AvgIpc) is 2.08. The van der Waals surface area contributed by atoms with Crippen LogP contribution in [0.5, 0.6) is 0 Å². The van der Waals surface area contributed by atoms with Gasteiger partial charge in [0.1, 0.15) is 5.54 Å². The normalized spacial score (nSPS) is 14.8. The van der Waals surface area contributed by atoms with Crippen molar-refractivity contribution in [3.63, 3.8) is 0 Å². The molecule has 1 unspecified atom stereocenters. The van der Waals surface area contributed by atoms with E-state index in [1.807, 2.05) is 24.3 Å². The lowest BCUT2D eigenvalue weighted by Crippen LogP contribution is -2.46. The maximum absolute atomic E-state index is 10.8. The Balaban J connectivity index is 2.79. The molecule has 0 aliphatic heterocycles. The number of hydrogen-bond donors (Lipinski definition) is 3. The average molecular weight is 211 g/mol. The minimum absolute atomic E-state index is 0.316. The topological polar surface area (TPSA) is 63.3 Å². The van der Waals surface area contributed by atoms with Gasteiger partial charge in [-0.15, -0.1) is 12.6 Å². The Bertz CT molecular complexity index is 332. The molecular formula is C10H13NO2S. The number of hydrogen-bond acceptors (Lipinski definition) is 3. The van der Waals surface area contributed by atoms with E-state index in [4.69, 9.17) is 10.8 Å². The molecule has 0 bridgehead atoms. The van der Waals surface area contributed by atoms with E-state index in [0.717, 1.165) is 10.5 Å². The molecule has 0 saturated carbocycles. The van der Waals surface area contributed by atoms with Crippen molar-refractivity contribution in [3.05, 3.63) is 29.8 Å². The molecule has 0 amide bonds. The van der Waals surface area contributed by atoms with Gasteiger partial charge in [0, 0.05) is 11.3 Å². The first kappa shape index (κ1) is 11.1. The number of rotatable bonds is 3. The molecule has 0 aromatic heterocycles. The van der Waals surface area contributed by atoms with Gasteiger partial charge in [0.05, 0.1) is 0 Å². The molecule has 0 fully saturated rings. The highest BCUT2D eigenvalue weighted by Crippen LogP contribution is 2.13. The zero-order valence-corrected chi connectivity index (χ0v) is 8.79. The van der Waals surface area contributed by atoms with E-state index < -0.39 is 11.5 Å². The van der Waals surface area contributed by atoms with E-state index in [2.05, 4.69) is 12.6 Å². The summed E-state index contributed by atoms with van der Waals surface area (Å²) in [6.45, 7) is 1.50. The lowest BCUT2D eigenvalue weighted by molar-refractivity contribution is -0.142. The Hall–Kier alpha value is -1.00. The van der Waals surface area contributed by atoms with Crippen LogP contribution in [0.4, 0.5) is 0 Å². The molecule has 0 heterocycles. The van der Waals surface area contributed by atoms with E-state index in [0.29, 0.717) is 6.42 Å². The summed E-state index contributed by atoms with van der Waals surface area (Å²) < 4.78 is 0. The SMILES string of the molecule is CC(N)(Cc1ccc(S)cc1)C(=O)O. The van der Waals surface area contributed by atoms with Crippen LogP contribution in [0.2, 0.25) is 0 Å². The Kier molecular flexibility index (Phi) is 3.18. The Labute approximate surface area is 88.3 Å². The molecule has 0 radical (unpaired) electrons. The minimum atomic E-state index is -1.21. The van der Waals surface area contributed by atoms with Crippen molar-refractivity contribution >= 4 is 18.6 Å². The van der Waals surface area contributed by atoms with Crippen molar-refractivity contribution in [2.45, 2.75) is 23.8 Å². The number of aliphatic carboxylic acids is 1. The van der Waals surface area contributed by atoms with Crippen LogP contribution < -0.4 is 5.73 Å². The smallest absolute Gasteiger partial charge is 0.323 e. The van der Waals surface area contributed by atoms with Crippen LogP contribution in [0.25, 0.3) is 0 Å². The highest BCUT2D eigenvalue weighted by molar-refractivity contribution is 7.80. The van der Waals surface area contributed by atoms with Crippen LogP contribution in [0.3, 0.4) is 0 Å². The molecule has 3 nitrogen and oxygen atoms in total. The number of nitrogens with two attached hydrogens (primary N) is 1. The highest BCUT2D eigenvalue weighted by Gasteiger charge is 2.27. The second-order valence-electron chi connectivity index (χ2n) is 3.57. The largest absolute Gasteiger partial charge is 0.480 e. The van der Waals surface area contributed by atoms with E-state index >= 15 is 0 Å². The van der Waals surface area contributed by atoms with E-state index in [1.165, 1.54) is 6.92 Å². The first-order chi connectivity index (χ1) is 6.42. The third kappa shape index (κ3) is 2.75. The molecule has 0 spiro atoms. The third-order valence-corrected chi connectivity index (χ3v) is 2.29. The summed E-state index contributed by atoms with van der Waals surface area (Å²) in [4.78, 5) is 11.6. The number of benzene rings is 1. The lowest BCUT2D eigenvalue weighted by atomic mass is 9.94. The van der Waals surface area contributed by atoms with E-state index in [9.17, 15) is 4.79 Å². The van der Waals surface area contributed by atoms with Gasteiger partial charge in [-0.1, -0.05) is 12.1 Å². The van der Waals surface area contributed by atoms with Crippen molar-refractivity contribution in [1.82, 2.24) is 0 Å². The van der Waals surface area contributed by atoms with Gasteiger partial charge in [0.25, 0.3) is 0 Å². The molecular weight excluding hydrogens is 198 g/mol. The predicted molar refractivity (Wildman–Crippen MR) is 57.6 cm³/mol. The second kappa shape index (κ2) is 4.02. The summed E-state index contributed by atoms with van der Waals surface area (Å²) in [5.41, 5.74) is 5.30. The molecule has 1 aromatic carbocycles. The molecule has 4 heteroatoms. The quantitative estimate of drug-likeness (QED) is 0.661. The molecule has 3 N–H and O–H groups in total. The maximum atomic E-state index is 10.8. The number of carbonyl (C=O) groups is 1. The number of carboxylic acids is 1. The molecule has 14 heavy (non-hydrogen) atoms. The van der Waals surface area contributed by atoms with Crippen LogP contribution in [0.1, 0.15) is 12.5 Å². The number of thiol groups is 1. The standard InChI is InChI=1S/C10H13NO2S/c1-10(11,9(12)13)6-7-2-4-8(14)5-3-7/h2-5,14H,6,11H2,1H3,(H,12,13). The first-order valence-corrected chi connectivity index (χ1v) is 4.67. The van der Waals surface area contributed by atoms with Crippen LogP contribution in [-0.4, -0.2) is 16.6 Å². The highest BCUT2D eigenvalue weighted by atomic mass is 32.1. The maximum Gasteiger partial charge on any atom is 0.323 e. The van der Waals surface area contributed by atoms with Crippen molar-refractivity contribution in [2.24, 2.45) is 5.73 Å². The van der Waals surface area contributed by atoms with Crippen molar-refractivity contribution < 1.29 is 9.90 Å². The molecule has 1 rings (SSSR count). The summed E-state index contributed by atoms with van der Waals surface area (Å²) in [7, 11) is 0. The Morgan fingerprint density at radius 1 is 1.50 bits per heavy atom. The molecule has 0 aliphatic carbocycles. The Morgan fingerprint density at radius 3 is 2.43 bits per heavy atom. The van der Waals surface area contributed by atoms with Gasteiger partial charge in [0.2, 0.25) is 0 Å². The molecule has 1 atom stereocenters. The van der Waals surface area contributed by atoms with Gasteiger partial charge in [-0.05, 0) is 24.6 Å². The summed E-state index contributed by atoms with van der Waals surface area (Å²) in [6.07, 6.45) is 0.316. The van der Waals surface area contributed by atoms with Crippen molar-refractivity contribution in [1.29, 1.82) is 0 Å². The van der Waals surface area contributed by atoms with Crippen LogP contribution in [0, 0.1) is 0 Å². The third-order valence-electron chi connectivity index (χ3n) is 2.00. The van der Waals surface area contributed by atoms with E-state index in [1.54, 1.807) is 0 Å². The van der Waals surface area contributed by atoms with Gasteiger partial charge in [-0.3, -0.25) is 4.79 Å². The predicted octanol–water partition coefficient (Wildman–Crippen LogP) is 1.32. The summed E-state index contributed by atoms with van der Waals surface area (Å²) >= 11 is 4.14. The molecule has 76 valence electrons. The molecule has 1 aromatic rings. The van der Waals surface area contributed by atoms with Gasteiger partial charge >= 0.3 is 5.97 Å². The molecule has 0 saturated heterocycles. The summed E-state index contributed by atoms with van der Waals surface area (Å²) in [5.74, 6) is -0.993. The fourth-order valence-electron chi connectivity index (χ4n) is 1.11. The fraction of sp³-hybridized carbons (Fsp3) is 0.300. The van der Waals surface area contributed by atoms with Gasteiger partial charge < -0.3 is 10.8 Å². The zero-order valence-electron chi connectivity index (χ0n) is 7.90. The van der Waals surface area contributed by atoms with Gasteiger partial charge in [0.15, 0.2) is 0 Å². The monoisotopic (exact) mass is 211 g/mol. The van der Waals surface area contributed by atoms with Crippen LogP contribution >= 0.6 is 12.6 Å². The zero-order chi connectivity index (χ0) is 10.8. The van der Waals surface area contributed by atoms with Crippen molar-refractivity contribution in [3.8, 4) is 0 Å². The fourth-order valence-corrected chi connectivity index (χ4v) is 1.26. The summed E-state index contributed by atoms with van der Waals surface area (Å²) in [6, 6.07) is 7.29. The lowest BCUT2D eigenvalue weighted by Gasteiger charge is -2.18. The van der Waals surface area contributed by atoms with Crippen molar-refractivity contribution in [2.75, 3.05) is 0 Å². The Morgan fingerprint density at radius 2 is 2.00 bits per heavy atom. The van der Waals surface area contributed by atoms with Gasteiger partial charge in [-0.2, -0.15) is 0 Å². The van der Waals surface area contributed by atoms with Gasteiger partial charge in [-0.25, -0.2) is 0 Å². The minimum Gasteiger partial charge on any atom is -0.480 e. The first-order valence-electron chi connectivity index (χ1n) is 4.22. The number of carboxylic acid groups (broad SMARTS) is 1.